The van der Waals surface area contributed by atoms with Crippen LogP contribution < -0.4 is 0 Å². The molecule has 1 aliphatic rings. The maximum absolute atomic E-state index is 10.9. The zero-order valence-corrected chi connectivity index (χ0v) is 8.10. The van der Waals surface area contributed by atoms with Crippen LogP contribution in [0, 0.1) is 11.3 Å². The summed E-state index contributed by atoms with van der Waals surface area (Å²) in [6.07, 6.45) is 0. The first kappa shape index (κ1) is 9.69. The molecule has 4 nitrogen and oxygen atoms in total. The Labute approximate surface area is 87.4 Å². The molecule has 1 aromatic carbocycles. The standard InChI is InChI=1S/C11H10N2O2/c12-4-5-13-6-8-2-1-3-9(11(14)15)10(8)7-13/h1-3H,5-7H2,(H,14,15). The predicted molar refractivity (Wildman–Crippen MR) is 53.1 cm³/mol. The number of hydrogen-bond acceptors (Lipinski definition) is 3. The third-order valence-electron chi connectivity index (χ3n) is 2.57. The van der Waals surface area contributed by atoms with Gasteiger partial charge in [-0.1, -0.05) is 12.1 Å². The minimum Gasteiger partial charge on any atom is -0.478 e. The fourth-order valence-electron chi connectivity index (χ4n) is 1.90. The van der Waals surface area contributed by atoms with E-state index in [0.29, 0.717) is 25.2 Å². The van der Waals surface area contributed by atoms with Gasteiger partial charge in [0, 0.05) is 13.1 Å². The van der Waals surface area contributed by atoms with E-state index in [1.54, 1.807) is 12.1 Å². The Hall–Kier alpha value is -1.86. The van der Waals surface area contributed by atoms with Crippen molar-refractivity contribution >= 4 is 5.97 Å². The lowest BCUT2D eigenvalue weighted by Crippen LogP contribution is -2.16. The van der Waals surface area contributed by atoms with E-state index in [4.69, 9.17) is 10.4 Å². The highest BCUT2D eigenvalue weighted by Gasteiger charge is 2.23. The van der Waals surface area contributed by atoms with Crippen molar-refractivity contribution in [3.05, 3.63) is 34.9 Å². The lowest BCUT2D eigenvalue weighted by molar-refractivity contribution is 0.0695. The molecule has 1 aliphatic heterocycles. The van der Waals surface area contributed by atoms with Crippen LogP contribution in [0.25, 0.3) is 0 Å². The van der Waals surface area contributed by atoms with Crippen LogP contribution in [0.3, 0.4) is 0 Å². The molecule has 2 rings (SSSR count). The van der Waals surface area contributed by atoms with Crippen molar-refractivity contribution in [3.63, 3.8) is 0 Å². The van der Waals surface area contributed by atoms with Gasteiger partial charge in [-0.2, -0.15) is 5.26 Å². The highest BCUT2D eigenvalue weighted by molar-refractivity contribution is 5.90. The smallest absolute Gasteiger partial charge is 0.336 e. The van der Waals surface area contributed by atoms with E-state index in [-0.39, 0.29) is 0 Å². The van der Waals surface area contributed by atoms with Crippen LogP contribution in [0.2, 0.25) is 0 Å². The summed E-state index contributed by atoms with van der Waals surface area (Å²) in [6, 6.07) is 7.34. The summed E-state index contributed by atoms with van der Waals surface area (Å²) >= 11 is 0. The van der Waals surface area contributed by atoms with E-state index < -0.39 is 5.97 Å². The first-order chi connectivity index (χ1) is 7.22. The second-order valence-corrected chi connectivity index (χ2v) is 3.55. The van der Waals surface area contributed by atoms with Crippen molar-refractivity contribution in [2.45, 2.75) is 13.1 Å². The Morgan fingerprint density at radius 3 is 3.00 bits per heavy atom. The van der Waals surface area contributed by atoms with Gasteiger partial charge in [-0.15, -0.1) is 0 Å². The molecule has 1 heterocycles. The summed E-state index contributed by atoms with van der Waals surface area (Å²) in [5.74, 6) is -0.898. The van der Waals surface area contributed by atoms with E-state index in [0.717, 1.165) is 11.1 Å². The van der Waals surface area contributed by atoms with Gasteiger partial charge < -0.3 is 5.11 Å². The number of nitrogens with zero attached hydrogens (tertiary/aromatic N) is 2. The summed E-state index contributed by atoms with van der Waals surface area (Å²) in [7, 11) is 0. The molecular weight excluding hydrogens is 192 g/mol. The van der Waals surface area contributed by atoms with Crippen LogP contribution in [0.1, 0.15) is 21.5 Å². The van der Waals surface area contributed by atoms with E-state index in [1.807, 2.05) is 11.0 Å². The highest BCUT2D eigenvalue weighted by atomic mass is 16.4. The number of fused-ring (bicyclic) bond motifs is 1. The molecule has 0 saturated heterocycles. The van der Waals surface area contributed by atoms with Crippen molar-refractivity contribution in [3.8, 4) is 6.07 Å². The van der Waals surface area contributed by atoms with Gasteiger partial charge in [0.25, 0.3) is 0 Å². The molecule has 0 bridgehead atoms. The number of hydrogen-bond donors (Lipinski definition) is 1. The van der Waals surface area contributed by atoms with E-state index in [2.05, 4.69) is 6.07 Å². The van der Waals surface area contributed by atoms with E-state index in [1.165, 1.54) is 0 Å². The number of carbonyl (C=O) groups is 1. The molecule has 1 aromatic rings. The van der Waals surface area contributed by atoms with Crippen LogP contribution in [0.4, 0.5) is 0 Å². The molecule has 0 unspecified atom stereocenters. The van der Waals surface area contributed by atoms with Gasteiger partial charge in [0.15, 0.2) is 0 Å². The molecule has 0 atom stereocenters. The number of carboxylic acid groups (broad SMARTS) is 1. The molecule has 76 valence electrons. The lowest BCUT2D eigenvalue weighted by Gasteiger charge is -2.08. The van der Waals surface area contributed by atoms with Crippen LogP contribution in [0.15, 0.2) is 18.2 Å². The summed E-state index contributed by atoms with van der Waals surface area (Å²) < 4.78 is 0. The fourth-order valence-corrected chi connectivity index (χ4v) is 1.90. The SMILES string of the molecule is N#CCN1Cc2cccc(C(=O)O)c2C1. The van der Waals surface area contributed by atoms with Crippen molar-refractivity contribution in [1.82, 2.24) is 4.90 Å². The molecule has 0 saturated carbocycles. The molecule has 4 heteroatoms. The molecular formula is C11H10N2O2. The van der Waals surface area contributed by atoms with Gasteiger partial charge in [-0.05, 0) is 17.2 Å². The van der Waals surface area contributed by atoms with Crippen LogP contribution in [0.5, 0.6) is 0 Å². The van der Waals surface area contributed by atoms with Gasteiger partial charge >= 0.3 is 5.97 Å². The maximum Gasteiger partial charge on any atom is 0.336 e. The molecule has 1 N–H and O–H groups in total. The number of rotatable bonds is 2. The van der Waals surface area contributed by atoms with Gasteiger partial charge in [-0.25, -0.2) is 4.79 Å². The molecule has 0 radical (unpaired) electrons. The molecule has 0 aliphatic carbocycles. The number of benzene rings is 1. The minimum absolute atomic E-state index is 0.341. The van der Waals surface area contributed by atoms with Crippen molar-refractivity contribution in [2.24, 2.45) is 0 Å². The average molecular weight is 202 g/mol. The first-order valence-electron chi connectivity index (χ1n) is 4.65. The van der Waals surface area contributed by atoms with E-state index >= 15 is 0 Å². The Kier molecular flexibility index (Phi) is 2.40. The normalized spacial score (nSPS) is 14.6. The van der Waals surface area contributed by atoms with Crippen LogP contribution >= 0.6 is 0 Å². The second-order valence-electron chi connectivity index (χ2n) is 3.55. The van der Waals surface area contributed by atoms with Gasteiger partial charge in [-0.3, -0.25) is 4.90 Å². The van der Waals surface area contributed by atoms with Gasteiger partial charge in [0.2, 0.25) is 0 Å². The molecule has 0 aromatic heterocycles. The quantitative estimate of drug-likeness (QED) is 0.732. The lowest BCUT2D eigenvalue weighted by atomic mass is 10.0. The monoisotopic (exact) mass is 202 g/mol. The Morgan fingerprint density at radius 2 is 2.33 bits per heavy atom. The fraction of sp³-hybridized carbons (Fsp3) is 0.273. The Balaban J connectivity index is 2.34. The summed E-state index contributed by atoms with van der Waals surface area (Å²) in [4.78, 5) is 12.9. The van der Waals surface area contributed by atoms with Crippen molar-refractivity contribution < 1.29 is 9.90 Å². The molecule has 0 spiro atoms. The van der Waals surface area contributed by atoms with Crippen molar-refractivity contribution in [2.75, 3.05) is 6.54 Å². The maximum atomic E-state index is 10.9. The Morgan fingerprint density at radius 1 is 1.53 bits per heavy atom. The predicted octanol–water partition coefficient (Wildman–Crippen LogP) is 1.22. The van der Waals surface area contributed by atoms with Gasteiger partial charge in [0.05, 0.1) is 18.2 Å². The first-order valence-corrected chi connectivity index (χ1v) is 4.65. The topological polar surface area (TPSA) is 64.3 Å². The summed E-state index contributed by atoms with van der Waals surface area (Å²) in [6.45, 7) is 1.57. The van der Waals surface area contributed by atoms with Crippen LogP contribution in [-0.4, -0.2) is 22.5 Å². The third-order valence-corrected chi connectivity index (χ3v) is 2.57. The van der Waals surface area contributed by atoms with E-state index in [9.17, 15) is 4.79 Å². The number of aromatic carboxylic acids is 1. The number of carboxylic acids is 1. The molecule has 15 heavy (non-hydrogen) atoms. The summed E-state index contributed by atoms with van der Waals surface area (Å²) in [5, 5.41) is 17.6. The van der Waals surface area contributed by atoms with Gasteiger partial charge in [0.1, 0.15) is 0 Å². The third kappa shape index (κ3) is 1.69. The summed E-state index contributed by atoms with van der Waals surface area (Å²) in [5.41, 5.74) is 2.22. The molecule has 0 fully saturated rings. The van der Waals surface area contributed by atoms with Crippen molar-refractivity contribution in [1.29, 1.82) is 5.26 Å². The number of nitriles is 1. The minimum atomic E-state index is -0.898. The zero-order chi connectivity index (χ0) is 10.8. The zero-order valence-electron chi connectivity index (χ0n) is 8.10. The van der Waals surface area contributed by atoms with Crippen LogP contribution in [-0.2, 0) is 13.1 Å². The average Bonchev–Trinajstić information content (AvgIpc) is 2.59. The Bertz CT molecular complexity index is 448. The highest BCUT2D eigenvalue weighted by Crippen LogP contribution is 2.25. The molecule has 0 amide bonds. The second kappa shape index (κ2) is 3.71. The largest absolute Gasteiger partial charge is 0.478 e.